The van der Waals surface area contributed by atoms with E-state index in [0.717, 1.165) is 5.56 Å². The molecule has 1 aromatic carbocycles. The van der Waals surface area contributed by atoms with E-state index in [0.29, 0.717) is 31.0 Å². The predicted octanol–water partition coefficient (Wildman–Crippen LogP) is 2.42. The van der Waals surface area contributed by atoms with Crippen molar-refractivity contribution in [1.29, 1.82) is 0 Å². The van der Waals surface area contributed by atoms with E-state index in [1.54, 1.807) is 19.1 Å². The summed E-state index contributed by atoms with van der Waals surface area (Å²) in [7, 11) is -7.22. The van der Waals surface area contributed by atoms with Crippen molar-refractivity contribution < 1.29 is 16.8 Å². The normalized spacial score (nSPS) is 16.9. The number of nitrogens with one attached hydrogen (secondary N) is 1. The van der Waals surface area contributed by atoms with Crippen LogP contribution in [-0.2, 0) is 20.0 Å². The van der Waals surface area contributed by atoms with Crippen LogP contribution in [0.1, 0.15) is 18.4 Å². The number of piperidine rings is 1. The summed E-state index contributed by atoms with van der Waals surface area (Å²) in [6.45, 7) is 2.76. The maximum absolute atomic E-state index is 12.6. The SMILES string of the molecule is Cc1ccc(S(=O)(=O)NCC2CCN(S(=O)(=O)c3cccnc3)CC2)cc1Cl. The second-order valence-corrected chi connectivity index (χ2v) is 10.9. The van der Waals surface area contributed by atoms with E-state index in [4.69, 9.17) is 11.6 Å². The summed E-state index contributed by atoms with van der Waals surface area (Å²) in [6, 6.07) is 7.73. The summed E-state index contributed by atoms with van der Waals surface area (Å²) < 4.78 is 54.2. The molecule has 7 nitrogen and oxygen atoms in total. The van der Waals surface area contributed by atoms with Gasteiger partial charge in [-0.2, -0.15) is 4.31 Å². The maximum atomic E-state index is 12.6. The highest BCUT2D eigenvalue weighted by molar-refractivity contribution is 7.89. The Labute approximate surface area is 170 Å². The van der Waals surface area contributed by atoms with Crippen molar-refractivity contribution in [3.8, 4) is 0 Å². The Bertz CT molecular complexity index is 1040. The molecule has 0 saturated carbocycles. The second-order valence-electron chi connectivity index (χ2n) is 6.80. The van der Waals surface area contributed by atoms with E-state index in [1.807, 2.05) is 0 Å². The van der Waals surface area contributed by atoms with Gasteiger partial charge in [0.05, 0.1) is 4.90 Å². The quantitative estimate of drug-likeness (QED) is 0.739. The summed E-state index contributed by atoms with van der Waals surface area (Å²) in [6.07, 6.45) is 4.02. The molecule has 1 saturated heterocycles. The van der Waals surface area contributed by atoms with Gasteiger partial charge in [0.15, 0.2) is 0 Å². The summed E-state index contributed by atoms with van der Waals surface area (Å²) in [4.78, 5) is 4.16. The molecule has 0 radical (unpaired) electrons. The zero-order chi connectivity index (χ0) is 20.4. The van der Waals surface area contributed by atoms with E-state index in [1.165, 1.54) is 34.9 Å². The van der Waals surface area contributed by atoms with Gasteiger partial charge in [-0.15, -0.1) is 0 Å². The first-order valence-electron chi connectivity index (χ1n) is 8.86. The zero-order valence-electron chi connectivity index (χ0n) is 15.4. The van der Waals surface area contributed by atoms with Crippen molar-refractivity contribution in [3.05, 3.63) is 53.3 Å². The Morgan fingerprint density at radius 3 is 2.46 bits per heavy atom. The lowest BCUT2D eigenvalue weighted by atomic mass is 9.99. The van der Waals surface area contributed by atoms with E-state index >= 15 is 0 Å². The summed E-state index contributed by atoms with van der Waals surface area (Å²) in [5, 5.41) is 0.400. The first-order valence-corrected chi connectivity index (χ1v) is 12.2. The minimum atomic E-state index is -3.66. The third kappa shape index (κ3) is 4.72. The van der Waals surface area contributed by atoms with Gasteiger partial charge in [0, 0.05) is 37.1 Å². The van der Waals surface area contributed by atoms with Crippen LogP contribution in [0.5, 0.6) is 0 Å². The number of rotatable bonds is 6. The van der Waals surface area contributed by atoms with E-state index in [9.17, 15) is 16.8 Å². The van der Waals surface area contributed by atoms with Crippen LogP contribution in [0.2, 0.25) is 5.02 Å². The maximum Gasteiger partial charge on any atom is 0.244 e. The highest BCUT2D eigenvalue weighted by Crippen LogP contribution is 2.24. The number of halogens is 1. The molecule has 1 fully saturated rings. The highest BCUT2D eigenvalue weighted by atomic mass is 35.5. The van der Waals surface area contributed by atoms with Gasteiger partial charge in [0.1, 0.15) is 4.90 Å². The summed E-state index contributed by atoms with van der Waals surface area (Å²) in [5.74, 6) is 0.0658. The monoisotopic (exact) mass is 443 g/mol. The second kappa shape index (κ2) is 8.46. The molecule has 1 N–H and O–H groups in total. The number of aryl methyl sites for hydroxylation is 1. The molecular formula is C18H22ClN3O4S2. The van der Waals surface area contributed by atoms with E-state index in [-0.39, 0.29) is 22.3 Å². The van der Waals surface area contributed by atoms with Crippen molar-refractivity contribution in [2.24, 2.45) is 5.92 Å². The molecule has 2 heterocycles. The third-order valence-corrected chi connectivity index (χ3v) is 8.57. The molecule has 1 aliphatic heterocycles. The fourth-order valence-electron chi connectivity index (χ4n) is 3.05. The molecule has 0 unspecified atom stereocenters. The first kappa shape index (κ1) is 21.2. The highest BCUT2D eigenvalue weighted by Gasteiger charge is 2.30. The number of pyridine rings is 1. The molecule has 2 aromatic rings. The van der Waals surface area contributed by atoms with Crippen LogP contribution in [0.4, 0.5) is 0 Å². The summed E-state index contributed by atoms with van der Waals surface area (Å²) >= 11 is 6.02. The molecule has 3 rings (SSSR count). The number of hydrogen-bond acceptors (Lipinski definition) is 5. The molecular weight excluding hydrogens is 422 g/mol. The minimum absolute atomic E-state index is 0.0658. The Balaban J connectivity index is 1.58. The fraction of sp³-hybridized carbons (Fsp3) is 0.389. The molecule has 152 valence electrons. The van der Waals surface area contributed by atoms with Crippen molar-refractivity contribution in [3.63, 3.8) is 0 Å². The van der Waals surface area contributed by atoms with Gasteiger partial charge < -0.3 is 0 Å². The Hall–Kier alpha value is -1.52. The van der Waals surface area contributed by atoms with Crippen LogP contribution >= 0.6 is 11.6 Å². The van der Waals surface area contributed by atoms with Gasteiger partial charge in [-0.05, 0) is 55.5 Å². The van der Waals surface area contributed by atoms with Crippen molar-refractivity contribution in [2.45, 2.75) is 29.6 Å². The lowest BCUT2D eigenvalue weighted by Gasteiger charge is -2.31. The lowest BCUT2D eigenvalue weighted by Crippen LogP contribution is -2.41. The molecule has 10 heteroatoms. The Morgan fingerprint density at radius 1 is 1.14 bits per heavy atom. The average Bonchev–Trinajstić information content (AvgIpc) is 2.69. The molecule has 1 aromatic heterocycles. The molecule has 0 aliphatic carbocycles. The molecule has 28 heavy (non-hydrogen) atoms. The summed E-state index contributed by atoms with van der Waals surface area (Å²) in [5.41, 5.74) is 0.808. The first-order chi connectivity index (χ1) is 13.2. The van der Waals surface area contributed by atoms with Gasteiger partial charge in [0.25, 0.3) is 0 Å². The van der Waals surface area contributed by atoms with Crippen molar-refractivity contribution in [2.75, 3.05) is 19.6 Å². The Morgan fingerprint density at radius 2 is 1.86 bits per heavy atom. The van der Waals surface area contributed by atoms with E-state index < -0.39 is 20.0 Å². The molecule has 0 bridgehead atoms. The number of sulfonamides is 2. The van der Waals surface area contributed by atoms with Gasteiger partial charge in [-0.25, -0.2) is 21.6 Å². The van der Waals surface area contributed by atoms with Gasteiger partial charge in [0.2, 0.25) is 20.0 Å². The zero-order valence-corrected chi connectivity index (χ0v) is 17.8. The standard InChI is InChI=1S/C18H22ClN3O4S2/c1-14-4-5-16(11-18(14)19)27(23,24)21-12-15-6-9-22(10-7-15)28(25,26)17-3-2-8-20-13-17/h2-5,8,11,13,15,21H,6-7,9-10,12H2,1H3. The smallest absolute Gasteiger partial charge is 0.244 e. The third-order valence-electron chi connectivity index (χ3n) is 4.86. The van der Waals surface area contributed by atoms with Gasteiger partial charge >= 0.3 is 0 Å². The fourth-order valence-corrected chi connectivity index (χ4v) is 5.88. The minimum Gasteiger partial charge on any atom is -0.263 e. The number of benzene rings is 1. The number of aromatic nitrogens is 1. The molecule has 0 atom stereocenters. The Kier molecular flexibility index (Phi) is 6.41. The van der Waals surface area contributed by atoms with Crippen LogP contribution in [0, 0.1) is 12.8 Å². The van der Waals surface area contributed by atoms with Crippen LogP contribution in [0.15, 0.2) is 52.5 Å². The number of nitrogens with zero attached hydrogens (tertiary/aromatic N) is 2. The van der Waals surface area contributed by atoms with E-state index in [2.05, 4.69) is 9.71 Å². The molecule has 1 aliphatic rings. The van der Waals surface area contributed by atoms with Crippen LogP contribution in [0.25, 0.3) is 0 Å². The number of hydrogen-bond donors (Lipinski definition) is 1. The molecule has 0 spiro atoms. The van der Waals surface area contributed by atoms with Crippen molar-refractivity contribution in [1.82, 2.24) is 14.0 Å². The lowest BCUT2D eigenvalue weighted by molar-refractivity contribution is 0.274. The van der Waals surface area contributed by atoms with Crippen molar-refractivity contribution >= 4 is 31.6 Å². The predicted molar refractivity (Wildman–Crippen MR) is 107 cm³/mol. The average molecular weight is 444 g/mol. The van der Waals surface area contributed by atoms with Gasteiger partial charge in [-0.1, -0.05) is 17.7 Å². The molecule has 0 amide bonds. The van der Waals surface area contributed by atoms with Crippen LogP contribution in [0.3, 0.4) is 0 Å². The topological polar surface area (TPSA) is 96.4 Å². The van der Waals surface area contributed by atoms with Crippen LogP contribution in [-0.4, -0.2) is 45.8 Å². The van der Waals surface area contributed by atoms with Gasteiger partial charge in [-0.3, -0.25) is 4.98 Å². The van der Waals surface area contributed by atoms with Crippen LogP contribution < -0.4 is 4.72 Å². The largest absolute Gasteiger partial charge is 0.263 e.